The van der Waals surface area contributed by atoms with Crippen LogP contribution in [0.5, 0.6) is 0 Å². The van der Waals surface area contributed by atoms with Crippen LogP contribution >= 0.6 is 11.3 Å². The van der Waals surface area contributed by atoms with Crippen LogP contribution in [0.15, 0.2) is 15.7 Å². The lowest BCUT2D eigenvalue weighted by Gasteiger charge is -2.28. The molecule has 116 valence electrons. The SMILES string of the molecule is CS(=O)(=O)c1cc(C(=O)NC2(CC(=O)O)CCCC2)cs1. The third-order valence-electron chi connectivity index (χ3n) is 3.63. The molecule has 1 aromatic heterocycles. The van der Waals surface area contributed by atoms with Crippen molar-refractivity contribution in [2.75, 3.05) is 6.26 Å². The van der Waals surface area contributed by atoms with Crippen LogP contribution in [0.3, 0.4) is 0 Å². The number of rotatable bonds is 5. The zero-order valence-corrected chi connectivity index (χ0v) is 13.2. The van der Waals surface area contributed by atoms with E-state index in [0.717, 1.165) is 30.4 Å². The van der Waals surface area contributed by atoms with E-state index in [-0.39, 0.29) is 16.2 Å². The second-order valence-electron chi connectivity index (χ2n) is 5.44. The molecule has 2 N–H and O–H groups in total. The number of carbonyl (C=O) groups excluding carboxylic acids is 1. The fourth-order valence-electron chi connectivity index (χ4n) is 2.63. The first-order valence-electron chi connectivity index (χ1n) is 6.55. The Morgan fingerprint density at radius 2 is 2.00 bits per heavy atom. The molecule has 1 fully saturated rings. The number of nitrogens with one attached hydrogen (secondary N) is 1. The maximum Gasteiger partial charge on any atom is 0.305 e. The van der Waals surface area contributed by atoms with Crippen molar-refractivity contribution in [2.45, 2.75) is 41.9 Å². The largest absolute Gasteiger partial charge is 0.481 e. The molecular weight excluding hydrogens is 314 g/mol. The molecule has 0 radical (unpaired) electrons. The standard InChI is InChI=1S/C13H17NO5S2/c1-21(18,19)11-6-9(8-20-11)12(17)14-13(7-10(15)16)4-2-3-5-13/h6,8H,2-5,7H2,1H3,(H,14,17)(H,15,16). The van der Waals surface area contributed by atoms with E-state index in [1.807, 2.05) is 0 Å². The number of carboxylic acid groups (broad SMARTS) is 1. The summed E-state index contributed by atoms with van der Waals surface area (Å²) in [6, 6.07) is 1.33. The monoisotopic (exact) mass is 331 g/mol. The second kappa shape index (κ2) is 5.76. The maximum absolute atomic E-state index is 12.2. The Kier molecular flexibility index (Phi) is 4.38. The first kappa shape index (κ1) is 16.0. The van der Waals surface area contributed by atoms with Crippen LogP contribution in [0, 0.1) is 0 Å². The summed E-state index contributed by atoms with van der Waals surface area (Å²) < 4.78 is 23.0. The van der Waals surface area contributed by atoms with Crippen molar-refractivity contribution in [1.29, 1.82) is 0 Å². The molecule has 6 nitrogen and oxygen atoms in total. The number of aliphatic carboxylic acids is 1. The average Bonchev–Trinajstić information content (AvgIpc) is 2.95. The Labute approximate surface area is 127 Å². The van der Waals surface area contributed by atoms with Crippen LogP contribution in [0.25, 0.3) is 0 Å². The highest BCUT2D eigenvalue weighted by molar-refractivity contribution is 7.92. The summed E-state index contributed by atoms with van der Waals surface area (Å²) in [5.41, 5.74) is -0.451. The quantitative estimate of drug-likeness (QED) is 0.855. The molecule has 1 aromatic rings. The van der Waals surface area contributed by atoms with E-state index in [9.17, 15) is 18.0 Å². The van der Waals surface area contributed by atoms with Gasteiger partial charge in [0.15, 0.2) is 9.84 Å². The van der Waals surface area contributed by atoms with Gasteiger partial charge in [0.25, 0.3) is 5.91 Å². The Hall–Kier alpha value is -1.41. The Bertz CT molecular complexity index is 656. The van der Waals surface area contributed by atoms with Crippen LogP contribution in [-0.2, 0) is 14.6 Å². The highest BCUT2D eigenvalue weighted by atomic mass is 32.2. The van der Waals surface area contributed by atoms with E-state index in [0.29, 0.717) is 12.8 Å². The summed E-state index contributed by atoms with van der Waals surface area (Å²) in [4.78, 5) is 23.2. The molecule has 0 atom stereocenters. The number of hydrogen-bond acceptors (Lipinski definition) is 5. The molecule has 2 rings (SSSR count). The summed E-state index contributed by atoms with van der Waals surface area (Å²) in [5.74, 6) is -1.36. The van der Waals surface area contributed by atoms with Gasteiger partial charge in [-0.25, -0.2) is 8.42 Å². The highest BCUT2D eigenvalue weighted by Gasteiger charge is 2.37. The molecule has 21 heavy (non-hydrogen) atoms. The maximum atomic E-state index is 12.2. The highest BCUT2D eigenvalue weighted by Crippen LogP contribution is 2.33. The van der Waals surface area contributed by atoms with Crippen molar-refractivity contribution < 1.29 is 23.1 Å². The predicted molar refractivity (Wildman–Crippen MR) is 78.3 cm³/mol. The van der Waals surface area contributed by atoms with Crippen LogP contribution < -0.4 is 5.32 Å². The van der Waals surface area contributed by atoms with Gasteiger partial charge in [-0.1, -0.05) is 12.8 Å². The van der Waals surface area contributed by atoms with Gasteiger partial charge in [0, 0.05) is 11.6 Å². The molecule has 1 aliphatic rings. The number of hydrogen-bond donors (Lipinski definition) is 2. The number of amides is 1. The van der Waals surface area contributed by atoms with Gasteiger partial charge in [-0.3, -0.25) is 9.59 Å². The minimum absolute atomic E-state index is 0.109. The van der Waals surface area contributed by atoms with Gasteiger partial charge in [0.05, 0.1) is 17.5 Å². The number of thiophene rings is 1. The van der Waals surface area contributed by atoms with Crippen molar-refractivity contribution in [3.63, 3.8) is 0 Å². The fraction of sp³-hybridized carbons (Fsp3) is 0.538. The zero-order valence-electron chi connectivity index (χ0n) is 11.6. The molecule has 0 spiro atoms. The average molecular weight is 331 g/mol. The van der Waals surface area contributed by atoms with E-state index < -0.39 is 27.3 Å². The van der Waals surface area contributed by atoms with Gasteiger partial charge in [-0.15, -0.1) is 11.3 Å². The van der Waals surface area contributed by atoms with Crippen molar-refractivity contribution >= 4 is 33.1 Å². The van der Waals surface area contributed by atoms with Crippen molar-refractivity contribution in [1.82, 2.24) is 5.32 Å². The van der Waals surface area contributed by atoms with Gasteiger partial charge in [0.1, 0.15) is 4.21 Å². The Balaban J connectivity index is 2.16. The second-order valence-corrected chi connectivity index (χ2v) is 8.59. The molecule has 1 heterocycles. The Morgan fingerprint density at radius 1 is 1.38 bits per heavy atom. The number of carboxylic acids is 1. The van der Waals surface area contributed by atoms with Crippen molar-refractivity contribution in [2.24, 2.45) is 0 Å². The van der Waals surface area contributed by atoms with Gasteiger partial charge < -0.3 is 10.4 Å². The third kappa shape index (κ3) is 3.82. The van der Waals surface area contributed by atoms with E-state index >= 15 is 0 Å². The minimum atomic E-state index is -3.33. The molecule has 0 unspecified atom stereocenters. The van der Waals surface area contributed by atoms with Gasteiger partial charge >= 0.3 is 5.97 Å². The first-order chi connectivity index (χ1) is 9.72. The van der Waals surface area contributed by atoms with Crippen LogP contribution in [0.4, 0.5) is 0 Å². The molecule has 0 aliphatic heterocycles. The van der Waals surface area contributed by atoms with Crippen LogP contribution in [-0.4, -0.2) is 37.2 Å². The zero-order chi connectivity index (χ0) is 15.7. The minimum Gasteiger partial charge on any atom is -0.481 e. The summed E-state index contributed by atoms with van der Waals surface area (Å²) >= 11 is 0.990. The lowest BCUT2D eigenvalue weighted by molar-refractivity contribution is -0.138. The van der Waals surface area contributed by atoms with Gasteiger partial charge in [0.2, 0.25) is 0 Å². The summed E-state index contributed by atoms with van der Waals surface area (Å²) in [6.07, 6.45) is 4.00. The molecule has 0 aromatic carbocycles. The van der Waals surface area contributed by atoms with Crippen molar-refractivity contribution in [3.05, 3.63) is 17.0 Å². The first-order valence-corrected chi connectivity index (χ1v) is 9.32. The van der Waals surface area contributed by atoms with Crippen LogP contribution in [0.1, 0.15) is 42.5 Å². The topological polar surface area (TPSA) is 101 Å². The predicted octanol–water partition coefficient (Wildman–Crippen LogP) is 1.67. The molecule has 0 bridgehead atoms. The van der Waals surface area contributed by atoms with E-state index in [2.05, 4.69) is 5.32 Å². The molecule has 1 amide bonds. The van der Waals surface area contributed by atoms with Gasteiger partial charge in [-0.2, -0.15) is 0 Å². The summed E-state index contributed by atoms with van der Waals surface area (Å²) in [5, 5.41) is 13.3. The number of carbonyl (C=O) groups is 2. The lowest BCUT2D eigenvalue weighted by Crippen LogP contribution is -2.47. The lowest BCUT2D eigenvalue weighted by atomic mass is 9.93. The fourth-order valence-corrected chi connectivity index (χ4v) is 4.43. The Morgan fingerprint density at radius 3 is 2.48 bits per heavy atom. The van der Waals surface area contributed by atoms with Crippen LogP contribution in [0.2, 0.25) is 0 Å². The van der Waals surface area contributed by atoms with Gasteiger partial charge in [-0.05, 0) is 18.9 Å². The number of sulfone groups is 1. The molecule has 1 saturated carbocycles. The molecule has 1 aliphatic carbocycles. The third-order valence-corrected chi connectivity index (χ3v) is 6.40. The van der Waals surface area contributed by atoms with E-state index in [1.165, 1.54) is 11.4 Å². The summed E-state index contributed by atoms with van der Waals surface area (Å²) in [6.45, 7) is 0. The smallest absolute Gasteiger partial charge is 0.305 e. The normalized spacial score (nSPS) is 17.6. The molecule has 0 saturated heterocycles. The van der Waals surface area contributed by atoms with E-state index in [1.54, 1.807) is 0 Å². The van der Waals surface area contributed by atoms with Crippen molar-refractivity contribution in [3.8, 4) is 0 Å². The molecular formula is C13H17NO5S2. The molecule has 8 heteroatoms. The van der Waals surface area contributed by atoms with E-state index in [4.69, 9.17) is 5.11 Å². The summed E-state index contributed by atoms with van der Waals surface area (Å²) in [7, 11) is -3.33.